The lowest BCUT2D eigenvalue weighted by atomic mass is 9.88. The largest absolute Gasteiger partial charge is 0.453 e. The van der Waals surface area contributed by atoms with Crippen LogP contribution < -0.4 is 4.57 Å². The van der Waals surface area contributed by atoms with Crippen molar-refractivity contribution in [2.45, 2.75) is 20.7 Å². The first-order valence-electron chi connectivity index (χ1n) is 13.2. The van der Waals surface area contributed by atoms with Crippen LogP contribution in [-0.2, 0) is 7.05 Å². The molecule has 6 rings (SSSR count). The number of fused-ring (bicyclic) bond motifs is 3. The van der Waals surface area contributed by atoms with E-state index in [0.29, 0.717) is 11.1 Å². The van der Waals surface area contributed by atoms with E-state index in [2.05, 4.69) is 6.07 Å². The van der Waals surface area contributed by atoms with Crippen molar-refractivity contribution in [2.75, 3.05) is 0 Å². The molecule has 3 heteroatoms. The third kappa shape index (κ3) is 3.43. The highest BCUT2D eigenvalue weighted by Crippen LogP contribution is 2.41. The Morgan fingerprint density at radius 3 is 2.40 bits per heavy atom. The number of pyridine rings is 2. The summed E-state index contributed by atoms with van der Waals surface area (Å²) in [6.45, 7) is 1.70. The van der Waals surface area contributed by atoms with Gasteiger partial charge in [0, 0.05) is 21.8 Å². The Labute approximate surface area is 209 Å². The van der Waals surface area contributed by atoms with Gasteiger partial charge in [-0.15, -0.1) is 0 Å². The number of hydrogen-bond acceptors (Lipinski definition) is 2. The Hall–Kier alpha value is -4.24. The van der Waals surface area contributed by atoms with Gasteiger partial charge in [0.15, 0.2) is 11.8 Å². The van der Waals surface area contributed by atoms with E-state index in [1.165, 1.54) is 0 Å². The predicted molar refractivity (Wildman–Crippen MR) is 143 cm³/mol. The number of benzene rings is 3. The number of furan rings is 1. The molecule has 0 amide bonds. The molecule has 0 fully saturated rings. The molecule has 3 aromatic carbocycles. The first-order chi connectivity index (χ1) is 18.2. The predicted octanol–water partition coefficient (Wildman–Crippen LogP) is 7.73. The number of rotatable bonds is 3. The maximum absolute atomic E-state index is 8.49. The van der Waals surface area contributed by atoms with Crippen LogP contribution in [0.25, 0.3) is 55.6 Å². The number of hydrogen-bond donors (Lipinski definition) is 0. The second kappa shape index (κ2) is 8.21. The summed E-state index contributed by atoms with van der Waals surface area (Å²) in [5.41, 5.74) is 9.68. The average Bonchev–Trinajstić information content (AvgIpc) is 3.27. The summed E-state index contributed by atoms with van der Waals surface area (Å²) in [4.78, 5) is 4.71. The zero-order valence-corrected chi connectivity index (χ0v) is 20.0. The molecule has 0 unspecified atom stereocenters. The van der Waals surface area contributed by atoms with Gasteiger partial charge in [-0.1, -0.05) is 54.6 Å². The van der Waals surface area contributed by atoms with E-state index in [0.717, 1.165) is 61.1 Å². The van der Waals surface area contributed by atoms with E-state index in [9.17, 15) is 0 Å². The van der Waals surface area contributed by atoms with Gasteiger partial charge in [-0.3, -0.25) is 4.98 Å². The van der Waals surface area contributed by atoms with Crippen molar-refractivity contribution < 1.29 is 13.1 Å². The summed E-state index contributed by atoms with van der Waals surface area (Å²) < 4.78 is 33.9. The van der Waals surface area contributed by atoms with Gasteiger partial charge in [0.2, 0.25) is 5.69 Å². The molecular formula is C32H27N2O+. The van der Waals surface area contributed by atoms with Crippen LogP contribution in [0.4, 0.5) is 0 Å². The van der Waals surface area contributed by atoms with Crippen molar-refractivity contribution in [1.29, 1.82) is 0 Å². The van der Waals surface area contributed by atoms with Gasteiger partial charge in [-0.2, -0.15) is 0 Å². The second-order valence-corrected chi connectivity index (χ2v) is 9.06. The van der Waals surface area contributed by atoms with Crippen LogP contribution in [0.3, 0.4) is 0 Å². The molecule has 0 saturated carbocycles. The fourth-order valence-corrected chi connectivity index (χ4v) is 5.10. The van der Waals surface area contributed by atoms with Gasteiger partial charge in [-0.05, 0) is 72.3 Å². The Balaban J connectivity index is 1.69. The average molecular weight is 459 g/mol. The molecule has 35 heavy (non-hydrogen) atoms. The molecular weight excluding hydrogens is 428 g/mol. The summed E-state index contributed by atoms with van der Waals surface area (Å²) in [6.07, 6.45) is 3.85. The minimum absolute atomic E-state index is 0.330. The Bertz CT molecular complexity index is 1840. The van der Waals surface area contributed by atoms with Crippen molar-refractivity contribution >= 4 is 22.1 Å². The third-order valence-electron chi connectivity index (χ3n) is 6.71. The smallest absolute Gasteiger partial charge is 0.224 e. The van der Waals surface area contributed by atoms with E-state index >= 15 is 0 Å². The molecule has 0 aliphatic carbocycles. The standard InChI is InChI=1S/C32H27N2O/c1-20-17-24(23-11-6-5-7-12-23)18-21(2)28(20)26-14-10-16-34(4)31(26)29-22(3)19-33-30-25-13-8-9-15-27(25)35-32(29)30/h5-19H,1-4H3/q+1/i1D3. The monoisotopic (exact) mass is 458 g/mol. The molecule has 0 bridgehead atoms. The highest BCUT2D eigenvalue weighted by Gasteiger charge is 2.26. The molecule has 0 atom stereocenters. The zero-order chi connectivity index (χ0) is 26.6. The second-order valence-electron chi connectivity index (χ2n) is 9.06. The summed E-state index contributed by atoms with van der Waals surface area (Å²) in [5, 5.41) is 0.954. The van der Waals surface area contributed by atoms with E-state index in [-0.39, 0.29) is 0 Å². The molecule has 3 heterocycles. The van der Waals surface area contributed by atoms with E-state index in [4.69, 9.17) is 13.5 Å². The molecule has 0 N–H and O–H groups in total. The van der Waals surface area contributed by atoms with Crippen LogP contribution in [0.15, 0.2) is 95.7 Å². The molecule has 170 valence electrons. The van der Waals surface area contributed by atoms with Crippen molar-refractivity contribution in [3.8, 4) is 33.5 Å². The van der Waals surface area contributed by atoms with Crippen molar-refractivity contribution in [2.24, 2.45) is 7.05 Å². The zero-order valence-electron chi connectivity index (χ0n) is 23.0. The molecule has 0 aliphatic heterocycles. The van der Waals surface area contributed by atoms with Gasteiger partial charge in [0.05, 0.1) is 11.1 Å². The summed E-state index contributed by atoms with van der Waals surface area (Å²) >= 11 is 0. The number of para-hydroxylation sites is 1. The lowest BCUT2D eigenvalue weighted by molar-refractivity contribution is -0.659. The SMILES string of the molecule is [2H]C([2H])([2H])c1cc(-c2ccccc2)cc(C)c1-c1ccc[n+](C)c1-c1c(C)cnc2c1oc1ccccc12. The fourth-order valence-electron chi connectivity index (χ4n) is 5.10. The van der Waals surface area contributed by atoms with Crippen LogP contribution in [0.2, 0.25) is 0 Å². The highest BCUT2D eigenvalue weighted by molar-refractivity contribution is 6.08. The Kier molecular flexibility index (Phi) is 4.25. The Morgan fingerprint density at radius 2 is 1.57 bits per heavy atom. The van der Waals surface area contributed by atoms with Crippen LogP contribution in [-0.4, -0.2) is 4.98 Å². The van der Waals surface area contributed by atoms with E-state index < -0.39 is 6.85 Å². The van der Waals surface area contributed by atoms with Crippen LogP contribution in [0, 0.1) is 20.7 Å². The number of nitrogens with zero attached hydrogens (tertiary/aromatic N) is 2. The van der Waals surface area contributed by atoms with Gasteiger partial charge in [-0.25, -0.2) is 4.57 Å². The first-order valence-corrected chi connectivity index (χ1v) is 11.7. The summed E-state index contributed by atoms with van der Waals surface area (Å²) in [5.74, 6) is 0. The summed E-state index contributed by atoms with van der Waals surface area (Å²) in [6, 6.07) is 25.6. The molecule has 0 aliphatic rings. The maximum atomic E-state index is 8.49. The highest BCUT2D eigenvalue weighted by atomic mass is 16.3. The van der Waals surface area contributed by atoms with E-state index in [1.807, 2.05) is 111 Å². The first kappa shape index (κ1) is 18.1. The minimum Gasteiger partial charge on any atom is -0.453 e. The van der Waals surface area contributed by atoms with Crippen molar-refractivity contribution in [1.82, 2.24) is 4.98 Å². The number of aryl methyl sites for hydroxylation is 4. The van der Waals surface area contributed by atoms with Gasteiger partial charge in [0.25, 0.3) is 0 Å². The lowest BCUT2D eigenvalue weighted by Crippen LogP contribution is -2.31. The van der Waals surface area contributed by atoms with Crippen LogP contribution in [0.5, 0.6) is 0 Å². The maximum Gasteiger partial charge on any atom is 0.224 e. The van der Waals surface area contributed by atoms with Crippen LogP contribution in [0.1, 0.15) is 20.8 Å². The normalized spacial score (nSPS) is 13.1. The van der Waals surface area contributed by atoms with Gasteiger partial charge in [0.1, 0.15) is 18.1 Å². The van der Waals surface area contributed by atoms with Crippen molar-refractivity contribution in [3.05, 3.63) is 108 Å². The van der Waals surface area contributed by atoms with Crippen LogP contribution >= 0.6 is 0 Å². The minimum atomic E-state index is -2.31. The summed E-state index contributed by atoms with van der Waals surface area (Å²) in [7, 11) is 1.98. The van der Waals surface area contributed by atoms with Crippen molar-refractivity contribution in [3.63, 3.8) is 0 Å². The molecule has 6 aromatic rings. The molecule has 3 nitrogen and oxygen atoms in total. The van der Waals surface area contributed by atoms with Gasteiger partial charge >= 0.3 is 0 Å². The fraction of sp³-hybridized carbons (Fsp3) is 0.125. The Morgan fingerprint density at radius 1 is 0.800 bits per heavy atom. The molecule has 0 spiro atoms. The molecule has 0 radical (unpaired) electrons. The van der Waals surface area contributed by atoms with Gasteiger partial charge < -0.3 is 4.42 Å². The quantitative estimate of drug-likeness (QED) is 0.254. The number of aromatic nitrogens is 2. The lowest BCUT2D eigenvalue weighted by Gasteiger charge is -2.16. The topological polar surface area (TPSA) is 29.9 Å². The molecule has 3 aromatic heterocycles. The third-order valence-corrected chi connectivity index (χ3v) is 6.71. The molecule has 0 saturated heterocycles. The van der Waals surface area contributed by atoms with E-state index in [1.54, 1.807) is 0 Å².